The van der Waals surface area contributed by atoms with E-state index in [2.05, 4.69) is 4.57 Å². The van der Waals surface area contributed by atoms with Crippen LogP contribution in [-0.2, 0) is 4.79 Å². The van der Waals surface area contributed by atoms with Crippen molar-refractivity contribution in [2.75, 3.05) is 6.79 Å². The van der Waals surface area contributed by atoms with Crippen LogP contribution in [0.5, 0.6) is 11.5 Å². The van der Waals surface area contributed by atoms with Crippen LogP contribution in [0.3, 0.4) is 0 Å². The highest BCUT2D eigenvalue weighted by molar-refractivity contribution is 8.18. The summed E-state index contributed by atoms with van der Waals surface area (Å²) < 4.78 is 13.0. The summed E-state index contributed by atoms with van der Waals surface area (Å²) in [6, 6.07) is 7.68. The van der Waals surface area contributed by atoms with Gasteiger partial charge in [0, 0.05) is 29.2 Å². The summed E-state index contributed by atoms with van der Waals surface area (Å²) >= 11 is 0.994. The van der Waals surface area contributed by atoms with Crippen LogP contribution in [-0.4, -0.2) is 33.4 Å². The molecule has 0 atom stereocenters. The van der Waals surface area contributed by atoms with Gasteiger partial charge in [0.1, 0.15) is 0 Å². The fourth-order valence-electron chi connectivity index (χ4n) is 3.42. The summed E-state index contributed by atoms with van der Waals surface area (Å²) in [5.41, 5.74) is 3.90. The van der Waals surface area contributed by atoms with Gasteiger partial charge in [-0.25, -0.2) is 0 Å². The van der Waals surface area contributed by atoms with E-state index in [1.54, 1.807) is 6.08 Å². The van der Waals surface area contributed by atoms with Gasteiger partial charge in [0.15, 0.2) is 11.5 Å². The van der Waals surface area contributed by atoms with E-state index >= 15 is 0 Å². The number of nitrogens with zero attached hydrogens (tertiary/aromatic N) is 2. The first-order chi connectivity index (χ1) is 12.9. The molecule has 2 aliphatic rings. The lowest BCUT2D eigenvalue weighted by Crippen LogP contribution is -2.34. The lowest BCUT2D eigenvalue weighted by molar-refractivity contribution is -0.123. The van der Waals surface area contributed by atoms with Crippen molar-refractivity contribution < 1.29 is 19.1 Å². The Morgan fingerprint density at radius 3 is 2.56 bits per heavy atom. The number of hydrogen-bond acceptors (Lipinski definition) is 5. The Hall–Kier alpha value is -2.67. The molecular weight excluding hydrogens is 364 g/mol. The molecule has 0 aliphatic carbocycles. The predicted molar refractivity (Wildman–Crippen MR) is 104 cm³/mol. The number of ether oxygens (including phenoxy) is 2. The second kappa shape index (κ2) is 6.49. The number of amides is 2. The zero-order valence-electron chi connectivity index (χ0n) is 15.6. The number of carbonyl (C=O) groups excluding carboxylic acids is 2. The molecule has 6 nitrogen and oxygen atoms in total. The molecule has 27 heavy (non-hydrogen) atoms. The van der Waals surface area contributed by atoms with E-state index in [9.17, 15) is 9.59 Å². The van der Waals surface area contributed by atoms with Crippen molar-refractivity contribution in [3.63, 3.8) is 0 Å². The molecule has 2 amide bonds. The number of hydrogen-bond donors (Lipinski definition) is 0. The second-order valence-electron chi connectivity index (χ2n) is 6.84. The number of thioether (sulfide) groups is 1. The van der Waals surface area contributed by atoms with E-state index in [0.717, 1.165) is 45.9 Å². The van der Waals surface area contributed by atoms with E-state index < -0.39 is 0 Å². The van der Waals surface area contributed by atoms with Gasteiger partial charge in [-0.1, -0.05) is 0 Å². The first kappa shape index (κ1) is 17.7. The van der Waals surface area contributed by atoms with Gasteiger partial charge in [-0.3, -0.25) is 14.5 Å². The zero-order chi connectivity index (χ0) is 19.3. The number of fused-ring (bicyclic) bond motifs is 1. The van der Waals surface area contributed by atoms with Gasteiger partial charge in [-0.05, 0) is 69.3 Å². The van der Waals surface area contributed by atoms with Crippen LogP contribution in [0.15, 0.2) is 29.2 Å². The Balaban J connectivity index is 1.72. The van der Waals surface area contributed by atoms with Gasteiger partial charge in [0.2, 0.25) is 6.79 Å². The molecule has 0 bridgehead atoms. The highest BCUT2D eigenvalue weighted by atomic mass is 32.2. The van der Waals surface area contributed by atoms with E-state index in [1.807, 2.05) is 52.0 Å². The molecule has 4 rings (SSSR count). The van der Waals surface area contributed by atoms with Crippen molar-refractivity contribution >= 4 is 29.0 Å². The van der Waals surface area contributed by atoms with Gasteiger partial charge >= 0.3 is 0 Å². The van der Waals surface area contributed by atoms with Crippen molar-refractivity contribution in [2.24, 2.45) is 0 Å². The SMILES string of the molecule is Cc1cc(/C=C2/SC(=O)N(C(C)C)C2=O)c(C)n1-c1ccc2c(c1)OCO2. The minimum Gasteiger partial charge on any atom is -0.454 e. The van der Waals surface area contributed by atoms with Crippen molar-refractivity contribution in [2.45, 2.75) is 33.7 Å². The minimum absolute atomic E-state index is 0.149. The maximum Gasteiger partial charge on any atom is 0.293 e. The number of rotatable bonds is 3. The molecule has 1 saturated heterocycles. The van der Waals surface area contributed by atoms with Gasteiger partial charge in [0.25, 0.3) is 11.1 Å². The van der Waals surface area contributed by atoms with E-state index in [4.69, 9.17) is 9.47 Å². The number of aromatic nitrogens is 1. The fraction of sp³-hybridized carbons (Fsp3) is 0.300. The molecule has 0 spiro atoms. The molecule has 1 fully saturated rings. The summed E-state index contributed by atoms with van der Waals surface area (Å²) in [4.78, 5) is 26.4. The predicted octanol–water partition coefficient (Wildman–Crippen LogP) is 4.27. The summed E-state index contributed by atoms with van der Waals surface area (Å²) in [5.74, 6) is 1.23. The molecule has 140 valence electrons. The molecule has 2 aliphatic heterocycles. The lowest BCUT2D eigenvalue weighted by atomic mass is 10.2. The Morgan fingerprint density at radius 2 is 1.85 bits per heavy atom. The zero-order valence-corrected chi connectivity index (χ0v) is 16.4. The first-order valence-corrected chi connectivity index (χ1v) is 9.54. The van der Waals surface area contributed by atoms with Gasteiger partial charge in [-0.15, -0.1) is 0 Å². The van der Waals surface area contributed by atoms with E-state index in [1.165, 1.54) is 4.90 Å². The summed E-state index contributed by atoms with van der Waals surface area (Å²) in [6.07, 6.45) is 1.80. The summed E-state index contributed by atoms with van der Waals surface area (Å²) in [7, 11) is 0. The molecule has 0 N–H and O–H groups in total. The van der Waals surface area contributed by atoms with Crippen molar-refractivity contribution in [3.8, 4) is 17.2 Å². The average molecular weight is 384 g/mol. The molecule has 0 saturated carbocycles. The van der Waals surface area contributed by atoms with E-state index in [-0.39, 0.29) is 24.0 Å². The summed E-state index contributed by atoms with van der Waals surface area (Å²) in [6.45, 7) is 7.92. The molecule has 0 unspecified atom stereocenters. The molecule has 1 aromatic heterocycles. The Kier molecular flexibility index (Phi) is 4.26. The molecule has 3 heterocycles. The highest BCUT2D eigenvalue weighted by Gasteiger charge is 2.36. The third-order valence-electron chi connectivity index (χ3n) is 4.71. The first-order valence-electron chi connectivity index (χ1n) is 8.73. The van der Waals surface area contributed by atoms with Crippen LogP contribution in [0.25, 0.3) is 11.8 Å². The summed E-state index contributed by atoms with van der Waals surface area (Å²) in [5, 5.41) is -0.217. The van der Waals surface area contributed by atoms with Crippen LogP contribution >= 0.6 is 11.8 Å². The van der Waals surface area contributed by atoms with Crippen LogP contribution in [0, 0.1) is 13.8 Å². The molecule has 7 heteroatoms. The van der Waals surface area contributed by atoms with Crippen LogP contribution < -0.4 is 9.47 Å². The van der Waals surface area contributed by atoms with Crippen LogP contribution in [0.1, 0.15) is 30.8 Å². The maximum atomic E-state index is 12.5. The van der Waals surface area contributed by atoms with Crippen LogP contribution in [0.2, 0.25) is 0 Å². The third kappa shape index (κ3) is 2.92. The minimum atomic E-state index is -0.229. The number of benzene rings is 1. The second-order valence-corrected chi connectivity index (χ2v) is 7.84. The van der Waals surface area contributed by atoms with Crippen molar-refractivity contribution in [1.29, 1.82) is 0 Å². The number of aryl methyl sites for hydroxylation is 1. The van der Waals surface area contributed by atoms with Crippen molar-refractivity contribution in [3.05, 3.63) is 46.1 Å². The Bertz CT molecular complexity index is 990. The quantitative estimate of drug-likeness (QED) is 0.740. The third-order valence-corrected chi connectivity index (χ3v) is 5.59. The number of imide groups is 1. The Morgan fingerprint density at radius 1 is 1.11 bits per heavy atom. The molecular formula is C20H20N2O4S. The monoisotopic (exact) mass is 384 g/mol. The van der Waals surface area contributed by atoms with Gasteiger partial charge in [0.05, 0.1) is 4.91 Å². The number of carbonyl (C=O) groups is 2. The highest BCUT2D eigenvalue weighted by Crippen LogP contribution is 2.37. The fourth-order valence-corrected chi connectivity index (χ4v) is 4.37. The molecule has 2 aromatic rings. The topological polar surface area (TPSA) is 60.8 Å². The maximum absolute atomic E-state index is 12.5. The Labute approximate surface area is 161 Å². The normalized spacial score (nSPS) is 17.7. The van der Waals surface area contributed by atoms with Crippen LogP contribution in [0.4, 0.5) is 4.79 Å². The van der Waals surface area contributed by atoms with E-state index in [0.29, 0.717) is 4.91 Å². The molecule has 1 aromatic carbocycles. The standard InChI is InChI=1S/C20H20N2O4S/c1-11(2)21-19(23)18(27-20(21)24)8-14-7-12(3)22(13(14)4)15-5-6-16-17(9-15)26-10-25-16/h5-9,11H,10H2,1-4H3/b18-8+. The lowest BCUT2D eigenvalue weighted by Gasteiger charge is -2.16. The largest absolute Gasteiger partial charge is 0.454 e. The van der Waals surface area contributed by atoms with Crippen molar-refractivity contribution in [1.82, 2.24) is 9.47 Å². The molecule has 0 radical (unpaired) electrons. The van der Waals surface area contributed by atoms with Gasteiger partial charge in [-0.2, -0.15) is 0 Å². The van der Waals surface area contributed by atoms with Gasteiger partial charge < -0.3 is 14.0 Å². The smallest absolute Gasteiger partial charge is 0.293 e. The average Bonchev–Trinajstić information content (AvgIpc) is 3.25.